The number of halogens is 1. The van der Waals surface area contributed by atoms with Crippen molar-refractivity contribution in [2.45, 2.75) is 32.9 Å². The second-order valence-electron chi connectivity index (χ2n) is 6.09. The lowest BCUT2D eigenvalue weighted by Crippen LogP contribution is -3.00. The molecule has 0 aliphatic carbocycles. The summed E-state index contributed by atoms with van der Waals surface area (Å²) in [5.74, 6) is -0.284. The zero-order chi connectivity index (χ0) is 16.4. The highest BCUT2D eigenvalue weighted by molar-refractivity contribution is 5.85. The molecule has 3 rings (SSSR count). The Kier molecular flexibility index (Phi) is 5.28. The Balaban J connectivity index is 0.00000208. The summed E-state index contributed by atoms with van der Waals surface area (Å²) in [5.41, 5.74) is 1.98. The Hall–Kier alpha value is -2.35. The number of hydrogen-bond donors (Lipinski definition) is 0. The third-order valence-corrected chi connectivity index (χ3v) is 3.01. The van der Waals surface area contributed by atoms with Gasteiger partial charge in [-0.2, -0.15) is 4.57 Å². The molecule has 0 saturated heterocycles. The van der Waals surface area contributed by atoms with Crippen molar-refractivity contribution in [3.8, 4) is 11.3 Å². The monoisotopic (exact) mass is 392 g/mol. The lowest BCUT2D eigenvalue weighted by atomic mass is 10.2. The van der Waals surface area contributed by atoms with Gasteiger partial charge in [-0.05, 0) is 20.8 Å². The molecule has 3 aromatic rings. The molecule has 0 unspecified atom stereocenters. The molecule has 3 aromatic heterocycles. The van der Waals surface area contributed by atoms with E-state index in [-0.39, 0.29) is 29.5 Å². The molecule has 126 valence electrons. The van der Waals surface area contributed by atoms with Crippen molar-refractivity contribution in [1.82, 2.24) is 15.1 Å². The number of pyridine rings is 1. The Morgan fingerprint density at radius 3 is 2.54 bits per heavy atom. The highest BCUT2D eigenvalue weighted by atomic mass is 79.9. The summed E-state index contributed by atoms with van der Waals surface area (Å²) in [4.78, 5) is 20.1. The molecular weight excluding hydrogens is 376 g/mol. The average molecular weight is 393 g/mol. The predicted octanol–water partition coefficient (Wildman–Crippen LogP) is -1.08. The van der Waals surface area contributed by atoms with Crippen LogP contribution < -0.4 is 21.5 Å². The fourth-order valence-electron chi connectivity index (χ4n) is 2.12. The van der Waals surface area contributed by atoms with E-state index in [1.165, 1.54) is 0 Å². The van der Waals surface area contributed by atoms with Crippen LogP contribution in [0.4, 0.5) is 0 Å². The van der Waals surface area contributed by atoms with Gasteiger partial charge in [-0.3, -0.25) is 0 Å². The SMILES string of the molecule is CC(C)(C)OC(=O)C[n+]1ccc(-c2noc3nccnc23)cc1.[Br-]. The normalized spacial score (nSPS) is 11.1. The van der Waals surface area contributed by atoms with Crippen LogP contribution in [0.3, 0.4) is 0 Å². The molecule has 0 aromatic carbocycles. The van der Waals surface area contributed by atoms with Crippen LogP contribution in [0.15, 0.2) is 41.4 Å². The summed E-state index contributed by atoms with van der Waals surface area (Å²) in [7, 11) is 0. The van der Waals surface area contributed by atoms with E-state index < -0.39 is 5.60 Å². The third-order valence-electron chi connectivity index (χ3n) is 3.01. The van der Waals surface area contributed by atoms with Crippen LogP contribution >= 0.6 is 0 Å². The quantitative estimate of drug-likeness (QED) is 0.416. The number of nitrogens with zero attached hydrogens (tertiary/aromatic N) is 4. The van der Waals surface area contributed by atoms with E-state index in [0.29, 0.717) is 16.9 Å². The number of hydrogen-bond acceptors (Lipinski definition) is 6. The predicted molar refractivity (Wildman–Crippen MR) is 81.1 cm³/mol. The number of aromatic nitrogens is 4. The van der Waals surface area contributed by atoms with Gasteiger partial charge in [0.2, 0.25) is 6.54 Å². The first-order valence-electron chi connectivity index (χ1n) is 7.20. The number of carbonyl (C=O) groups excluding carboxylic acids is 1. The minimum atomic E-state index is -0.490. The molecular formula is C16H17BrN4O3. The van der Waals surface area contributed by atoms with Gasteiger partial charge >= 0.3 is 5.97 Å². The van der Waals surface area contributed by atoms with Crippen molar-refractivity contribution in [3.05, 3.63) is 36.9 Å². The number of ether oxygens (including phenoxy) is 1. The van der Waals surface area contributed by atoms with E-state index in [1.54, 1.807) is 29.4 Å². The summed E-state index contributed by atoms with van der Waals surface area (Å²) >= 11 is 0. The first kappa shape index (κ1) is 18.0. The molecule has 0 bridgehead atoms. The van der Waals surface area contributed by atoms with Crippen molar-refractivity contribution in [2.75, 3.05) is 0 Å². The number of carbonyl (C=O) groups is 1. The van der Waals surface area contributed by atoms with Crippen LogP contribution in [0.2, 0.25) is 0 Å². The topological polar surface area (TPSA) is 82.0 Å². The molecule has 3 heterocycles. The van der Waals surface area contributed by atoms with Crippen molar-refractivity contribution >= 4 is 17.2 Å². The van der Waals surface area contributed by atoms with Crippen LogP contribution in [0.25, 0.3) is 22.5 Å². The van der Waals surface area contributed by atoms with Gasteiger partial charge in [-0.15, -0.1) is 0 Å². The highest BCUT2D eigenvalue weighted by Gasteiger charge is 2.20. The summed E-state index contributed by atoms with van der Waals surface area (Å²) < 4.78 is 12.2. The summed E-state index contributed by atoms with van der Waals surface area (Å²) in [6.07, 6.45) is 6.72. The van der Waals surface area contributed by atoms with Crippen molar-refractivity contribution in [1.29, 1.82) is 0 Å². The molecule has 0 atom stereocenters. The minimum absolute atomic E-state index is 0. The number of rotatable bonds is 3. The van der Waals surface area contributed by atoms with Gasteiger partial charge in [0.25, 0.3) is 5.71 Å². The molecule has 7 nitrogen and oxygen atoms in total. The largest absolute Gasteiger partial charge is 1.00 e. The van der Waals surface area contributed by atoms with E-state index in [4.69, 9.17) is 9.26 Å². The van der Waals surface area contributed by atoms with Crippen LogP contribution in [-0.2, 0) is 16.1 Å². The summed E-state index contributed by atoms with van der Waals surface area (Å²) in [6.45, 7) is 5.68. The third kappa shape index (κ3) is 4.14. The fraction of sp³-hybridized carbons (Fsp3) is 0.312. The zero-order valence-corrected chi connectivity index (χ0v) is 15.1. The van der Waals surface area contributed by atoms with Gasteiger partial charge in [0, 0.05) is 30.1 Å². The second kappa shape index (κ2) is 7.04. The van der Waals surface area contributed by atoms with E-state index >= 15 is 0 Å². The van der Waals surface area contributed by atoms with Crippen molar-refractivity contribution < 1.29 is 35.6 Å². The molecule has 8 heteroatoms. The second-order valence-corrected chi connectivity index (χ2v) is 6.09. The van der Waals surface area contributed by atoms with E-state index in [1.807, 2.05) is 32.9 Å². The lowest BCUT2D eigenvalue weighted by Gasteiger charge is -2.18. The Morgan fingerprint density at radius 1 is 1.21 bits per heavy atom. The summed E-state index contributed by atoms with van der Waals surface area (Å²) in [5, 5.41) is 4.00. The molecule has 24 heavy (non-hydrogen) atoms. The van der Waals surface area contributed by atoms with Crippen molar-refractivity contribution in [2.24, 2.45) is 0 Å². The molecule has 0 aliphatic heterocycles. The maximum atomic E-state index is 11.8. The summed E-state index contributed by atoms with van der Waals surface area (Å²) in [6, 6.07) is 3.69. The molecule has 0 saturated carbocycles. The van der Waals surface area contributed by atoms with Crippen molar-refractivity contribution in [3.63, 3.8) is 0 Å². The maximum absolute atomic E-state index is 11.8. The molecule has 0 N–H and O–H groups in total. The molecule has 0 fully saturated rings. The Bertz CT molecular complexity index is 840. The van der Waals surface area contributed by atoms with Crippen LogP contribution in [-0.4, -0.2) is 26.7 Å². The lowest BCUT2D eigenvalue weighted by molar-refractivity contribution is -0.686. The van der Waals surface area contributed by atoms with Crippen LogP contribution in [0.5, 0.6) is 0 Å². The zero-order valence-electron chi connectivity index (χ0n) is 13.6. The first-order chi connectivity index (χ1) is 10.9. The van der Waals surface area contributed by atoms with E-state index in [2.05, 4.69) is 15.1 Å². The first-order valence-corrected chi connectivity index (χ1v) is 7.20. The van der Waals surface area contributed by atoms with Crippen LogP contribution in [0, 0.1) is 0 Å². The van der Waals surface area contributed by atoms with Gasteiger partial charge in [0.1, 0.15) is 11.3 Å². The smallest absolute Gasteiger partial charge is 0.373 e. The maximum Gasteiger partial charge on any atom is 0.373 e. The fourth-order valence-corrected chi connectivity index (χ4v) is 2.12. The minimum Gasteiger partial charge on any atom is -1.00 e. The molecule has 0 spiro atoms. The molecule has 0 aliphatic rings. The van der Waals surface area contributed by atoms with Crippen LogP contribution in [0.1, 0.15) is 20.8 Å². The number of fused-ring (bicyclic) bond motifs is 1. The molecule has 0 amide bonds. The van der Waals surface area contributed by atoms with E-state index in [0.717, 1.165) is 5.56 Å². The average Bonchev–Trinajstić information content (AvgIpc) is 2.90. The standard InChI is InChI=1S/C16H17N4O3.BrH/c1-16(2,3)22-12(21)10-20-8-4-11(5-9-20)13-14-15(23-19-13)18-7-6-17-14;/h4-9H,10H2,1-3H3;1H/q+1;/p-1. The van der Waals surface area contributed by atoms with Gasteiger partial charge in [0.15, 0.2) is 17.9 Å². The van der Waals surface area contributed by atoms with Gasteiger partial charge < -0.3 is 26.2 Å². The van der Waals surface area contributed by atoms with Gasteiger partial charge in [0.05, 0.1) is 0 Å². The van der Waals surface area contributed by atoms with E-state index in [9.17, 15) is 4.79 Å². The van der Waals surface area contributed by atoms with Gasteiger partial charge in [-0.1, -0.05) is 5.16 Å². The Labute approximate surface area is 149 Å². The number of esters is 1. The molecule has 0 radical (unpaired) electrons. The Morgan fingerprint density at radius 2 is 1.88 bits per heavy atom. The van der Waals surface area contributed by atoms with Gasteiger partial charge in [-0.25, -0.2) is 14.8 Å². The highest BCUT2D eigenvalue weighted by Crippen LogP contribution is 2.23.